The molecule has 0 spiro atoms. The third kappa shape index (κ3) is 4.43. The van der Waals surface area contributed by atoms with Gasteiger partial charge in [0.1, 0.15) is 6.17 Å². The Hall–Kier alpha value is -1.22. The van der Waals surface area contributed by atoms with E-state index in [9.17, 15) is 19.8 Å². The number of β-amino-alcohol motifs (C(OH)–C–C–N with tert-alkyl or cyclic N) is 1. The second-order valence-corrected chi connectivity index (χ2v) is 4.77. The summed E-state index contributed by atoms with van der Waals surface area (Å²) in [5.74, 6) is -2.17. The van der Waals surface area contributed by atoms with E-state index in [1.54, 1.807) is 0 Å². The molecule has 1 heterocycles. The van der Waals surface area contributed by atoms with Crippen molar-refractivity contribution in [2.75, 3.05) is 19.7 Å². The van der Waals surface area contributed by atoms with E-state index in [-0.39, 0.29) is 25.4 Å². The fourth-order valence-corrected chi connectivity index (χ4v) is 2.23. The van der Waals surface area contributed by atoms with Crippen molar-refractivity contribution in [3.05, 3.63) is 0 Å². The average molecular weight is 276 g/mol. The lowest BCUT2D eigenvalue weighted by Gasteiger charge is -2.42. The van der Waals surface area contributed by atoms with E-state index in [1.807, 2.05) is 0 Å². The van der Waals surface area contributed by atoms with Crippen LogP contribution in [0.3, 0.4) is 0 Å². The first kappa shape index (κ1) is 15.8. The molecular formula is C11H20N2O6. The molecule has 0 radical (unpaired) electrons. The highest BCUT2D eigenvalue weighted by atomic mass is 16.4. The fourth-order valence-electron chi connectivity index (χ4n) is 2.23. The van der Waals surface area contributed by atoms with E-state index in [0.29, 0.717) is 0 Å². The van der Waals surface area contributed by atoms with Crippen LogP contribution in [0.2, 0.25) is 0 Å². The third-order valence-electron chi connectivity index (χ3n) is 3.10. The number of piperidine rings is 1. The number of rotatable bonds is 5. The minimum atomic E-state index is -1.06. The Morgan fingerprint density at radius 1 is 1.47 bits per heavy atom. The smallest absolute Gasteiger partial charge is 0.307 e. The van der Waals surface area contributed by atoms with Gasteiger partial charge in [-0.1, -0.05) is 0 Å². The van der Waals surface area contributed by atoms with Crippen molar-refractivity contribution < 1.29 is 30.0 Å². The monoisotopic (exact) mass is 276 g/mol. The Balaban J connectivity index is 2.80. The lowest BCUT2D eigenvalue weighted by atomic mass is 9.93. The van der Waals surface area contributed by atoms with Crippen LogP contribution < -0.4 is 5.32 Å². The van der Waals surface area contributed by atoms with Gasteiger partial charge in [0.15, 0.2) is 0 Å². The van der Waals surface area contributed by atoms with Crippen LogP contribution in [0.4, 0.5) is 0 Å². The van der Waals surface area contributed by atoms with Crippen LogP contribution in [0, 0.1) is 5.92 Å². The van der Waals surface area contributed by atoms with E-state index in [1.165, 1.54) is 11.8 Å². The van der Waals surface area contributed by atoms with E-state index in [2.05, 4.69) is 5.32 Å². The van der Waals surface area contributed by atoms with Crippen molar-refractivity contribution in [1.29, 1.82) is 0 Å². The van der Waals surface area contributed by atoms with Gasteiger partial charge >= 0.3 is 5.97 Å². The third-order valence-corrected chi connectivity index (χ3v) is 3.10. The van der Waals surface area contributed by atoms with Crippen LogP contribution in [-0.4, -0.2) is 75.3 Å². The largest absolute Gasteiger partial charge is 0.481 e. The highest BCUT2D eigenvalue weighted by Gasteiger charge is 2.39. The number of carboxylic acids is 1. The van der Waals surface area contributed by atoms with Gasteiger partial charge in [0.25, 0.3) is 0 Å². The zero-order chi connectivity index (χ0) is 14.6. The van der Waals surface area contributed by atoms with Gasteiger partial charge in [-0.15, -0.1) is 0 Å². The van der Waals surface area contributed by atoms with Gasteiger partial charge in [-0.2, -0.15) is 0 Å². The molecule has 1 aliphatic heterocycles. The summed E-state index contributed by atoms with van der Waals surface area (Å²) in [6.45, 7) is 0.879. The molecule has 0 saturated carbocycles. The number of carbonyl (C=O) groups is 2. The van der Waals surface area contributed by atoms with Gasteiger partial charge in [-0.3, -0.25) is 14.5 Å². The number of likely N-dealkylation sites (tertiary alicyclic amines) is 1. The Kier molecular flexibility index (Phi) is 5.67. The second kappa shape index (κ2) is 6.80. The zero-order valence-corrected chi connectivity index (χ0v) is 10.7. The number of nitrogens with zero attached hydrogens (tertiary/aromatic N) is 1. The highest BCUT2D eigenvalue weighted by Crippen LogP contribution is 2.22. The van der Waals surface area contributed by atoms with Crippen LogP contribution in [0.15, 0.2) is 0 Å². The number of aliphatic hydroxyl groups excluding tert-OH is 3. The first-order chi connectivity index (χ1) is 8.85. The van der Waals surface area contributed by atoms with Gasteiger partial charge < -0.3 is 25.7 Å². The molecule has 0 aromatic rings. The number of carboxylic acid groups (broad SMARTS) is 1. The summed E-state index contributed by atoms with van der Waals surface area (Å²) in [5, 5.41) is 39.7. The molecular weight excluding hydrogens is 256 g/mol. The van der Waals surface area contributed by atoms with Crippen LogP contribution in [-0.2, 0) is 9.59 Å². The van der Waals surface area contributed by atoms with Crippen LogP contribution in [0.5, 0.6) is 0 Å². The number of hydrogen-bond acceptors (Lipinski definition) is 6. The van der Waals surface area contributed by atoms with Crippen molar-refractivity contribution >= 4 is 11.9 Å². The molecule has 4 atom stereocenters. The maximum absolute atomic E-state index is 11.1. The number of carbonyl (C=O) groups excluding carboxylic acids is 1. The first-order valence-electron chi connectivity index (χ1n) is 6.06. The van der Waals surface area contributed by atoms with Gasteiger partial charge in [0, 0.05) is 20.0 Å². The molecule has 0 bridgehead atoms. The van der Waals surface area contributed by atoms with Gasteiger partial charge in [0.05, 0.1) is 24.7 Å². The summed E-state index contributed by atoms with van der Waals surface area (Å²) in [6, 6.07) is 0. The SMILES string of the molecule is CC(=O)N[C@@H]1[C@@H](O)C[C@@H](C(=O)O)CN1C[C@@H](O)CO. The molecule has 0 aliphatic carbocycles. The standard InChI is InChI=1S/C11H20N2O6/c1-6(15)12-10-9(17)2-7(11(18)19)3-13(10)4-8(16)5-14/h7-10,14,16-17H,2-5H2,1H3,(H,12,15)(H,18,19)/t7-,8-,9+,10+/m1/s1. The molecule has 0 unspecified atom stereocenters. The molecule has 0 aromatic carbocycles. The molecule has 1 aliphatic rings. The van der Waals surface area contributed by atoms with Gasteiger partial charge in [0.2, 0.25) is 5.91 Å². The Morgan fingerprint density at radius 3 is 2.58 bits per heavy atom. The highest BCUT2D eigenvalue weighted by molar-refractivity contribution is 5.73. The molecule has 19 heavy (non-hydrogen) atoms. The summed E-state index contributed by atoms with van der Waals surface area (Å²) < 4.78 is 0. The number of aliphatic carboxylic acids is 1. The molecule has 110 valence electrons. The summed E-state index contributed by atoms with van der Waals surface area (Å²) in [6.07, 6.45) is -2.82. The molecule has 0 aromatic heterocycles. The molecule has 8 nitrogen and oxygen atoms in total. The maximum Gasteiger partial charge on any atom is 0.307 e. The summed E-state index contributed by atoms with van der Waals surface area (Å²) in [4.78, 5) is 23.6. The molecule has 1 saturated heterocycles. The van der Waals surface area contributed by atoms with Gasteiger partial charge in [-0.05, 0) is 6.42 Å². The second-order valence-electron chi connectivity index (χ2n) is 4.77. The lowest BCUT2D eigenvalue weighted by molar-refractivity contribution is -0.149. The van der Waals surface area contributed by atoms with Gasteiger partial charge in [-0.25, -0.2) is 0 Å². The minimum Gasteiger partial charge on any atom is -0.481 e. The number of aliphatic hydroxyl groups is 3. The predicted octanol–water partition coefficient (Wildman–Crippen LogP) is -2.43. The van der Waals surface area contributed by atoms with Crippen molar-refractivity contribution in [2.24, 2.45) is 5.92 Å². The van der Waals surface area contributed by atoms with E-state index in [4.69, 9.17) is 10.2 Å². The number of amides is 1. The molecule has 8 heteroatoms. The number of nitrogens with one attached hydrogen (secondary N) is 1. The first-order valence-corrected chi connectivity index (χ1v) is 6.06. The molecule has 1 fully saturated rings. The van der Waals surface area contributed by atoms with Crippen molar-refractivity contribution in [3.63, 3.8) is 0 Å². The number of hydrogen-bond donors (Lipinski definition) is 5. The zero-order valence-electron chi connectivity index (χ0n) is 10.7. The van der Waals surface area contributed by atoms with Crippen LogP contribution >= 0.6 is 0 Å². The van der Waals surface area contributed by atoms with E-state index < -0.39 is 36.9 Å². The minimum absolute atomic E-state index is 0.0255. The molecule has 1 amide bonds. The Morgan fingerprint density at radius 2 is 2.11 bits per heavy atom. The van der Waals surface area contributed by atoms with Crippen molar-refractivity contribution in [2.45, 2.75) is 31.7 Å². The average Bonchev–Trinajstić information content (AvgIpc) is 2.32. The van der Waals surface area contributed by atoms with Crippen molar-refractivity contribution in [1.82, 2.24) is 10.2 Å². The van der Waals surface area contributed by atoms with E-state index >= 15 is 0 Å². The van der Waals surface area contributed by atoms with Crippen LogP contribution in [0.1, 0.15) is 13.3 Å². The normalized spacial score (nSPS) is 29.8. The lowest BCUT2D eigenvalue weighted by Crippen LogP contribution is -2.61. The Bertz CT molecular complexity index is 337. The van der Waals surface area contributed by atoms with E-state index in [0.717, 1.165) is 0 Å². The summed E-state index contributed by atoms with van der Waals surface area (Å²) in [5.41, 5.74) is 0. The Labute approximate surface area is 110 Å². The topological polar surface area (TPSA) is 130 Å². The molecule has 1 rings (SSSR count). The quantitative estimate of drug-likeness (QED) is 0.377. The fraction of sp³-hybridized carbons (Fsp3) is 0.818. The summed E-state index contributed by atoms with van der Waals surface area (Å²) >= 11 is 0. The van der Waals surface area contributed by atoms with Crippen LogP contribution in [0.25, 0.3) is 0 Å². The van der Waals surface area contributed by atoms with Crippen molar-refractivity contribution in [3.8, 4) is 0 Å². The summed E-state index contributed by atoms with van der Waals surface area (Å²) in [7, 11) is 0. The maximum atomic E-state index is 11.1. The predicted molar refractivity (Wildman–Crippen MR) is 64.0 cm³/mol. The molecule has 5 N–H and O–H groups in total.